The van der Waals surface area contributed by atoms with Gasteiger partial charge in [-0.05, 0) is 44.5 Å². The molecule has 2 aliphatic rings. The van der Waals surface area contributed by atoms with E-state index in [0.29, 0.717) is 11.3 Å². The van der Waals surface area contributed by atoms with Gasteiger partial charge in [-0.3, -0.25) is 14.7 Å². The second-order valence-corrected chi connectivity index (χ2v) is 8.33. The molecule has 1 saturated heterocycles. The van der Waals surface area contributed by atoms with Gasteiger partial charge in [0.15, 0.2) is 0 Å². The third-order valence-electron chi connectivity index (χ3n) is 6.22. The summed E-state index contributed by atoms with van der Waals surface area (Å²) in [5.41, 5.74) is 8.46. The van der Waals surface area contributed by atoms with Crippen molar-refractivity contribution in [3.8, 4) is 11.3 Å². The van der Waals surface area contributed by atoms with Gasteiger partial charge in [0.25, 0.3) is 0 Å². The fourth-order valence-corrected chi connectivity index (χ4v) is 4.74. The molecule has 1 spiro atoms. The average Bonchev–Trinajstić information content (AvgIpc) is 3.43. The number of H-pyrrole nitrogens is 1. The number of likely N-dealkylation sites (tertiary alicyclic amines) is 1. The second kappa shape index (κ2) is 6.56. The number of pyridine rings is 1. The number of anilines is 1. The lowest BCUT2D eigenvalue weighted by Crippen LogP contribution is -2.29. The maximum Gasteiger partial charge on any atom is 0.419 e. The molecule has 0 amide bonds. The van der Waals surface area contributed by atoms with Crippen molar-refractivity contribution >= 4 is 5.82 Å². The number of nitrogens with zero attached hydrogens (tertiary/aromatic N) is 5. The van der Waals surface area contributed by atoms with Crippen LogP contribution in [0.5, 0.6) is 0 Å². The van der Waals surface area contributed by atoms with Gasteiger partial charge in [0.1, 0.15) is 5.82 Å². The van der Waals surface area contributed by atoms with Gasteiger partial charge in [-0.1, -0.05) is 0 Å². The zero-order chi connectivity index (χ0) is 21.1. The first kappa shape index (κ1) is 19.1. The highest BCUT2D eigenvalue weighted by atomic mass is 19.4. The second-order valence-electron chi connectivity index (χ2n) is 8.33. The van der Waals surface area contributed by atoms with E-state index in [4.69, 9.17) is 5.73 Å². The summed E-state index contributed by atoms with van der Waals surface area (Å²) in [6, 6.07) is 5.00. The van der Waals surface area contributed by atoms with Crippen LogP contribution in [0.2, 0.25) is 0 Å². The van der Waals surface area contributed by atoms with Gasteiger partial charge >= 0.3 is 6.18 Å². The number of alkyl halides is 3. The molecule has 5 heterocycles. The predicted octanol–water partition coefficient (Wildman–Crippen LogP) is 3.13. The van der Waals surface area contributed by atoms with E-state index in [9.17, 15) is 13.2 Å². The molecule has 5 rings (SSSR count). The van der Waals surface area contributed by atoms with Crippen LogP contribution in [0.15, 0.2) is 24.4 Å². The number of aromatic amines is 1. The van der Waals surface area contributed by atoms with Gasteiger partial charge in [-0.25, -0.2) is 4.98 Å². The molecule has 3 aromatic heterocycles. The minimum absolute atomic E-state index is 0.0231. The van der Waals surface area contributed by atoms with E-state index in [0.717, 1.165) is 62.2 Å². The van der Waals surface area contributed by atoms with Gasteiger partial charge in [0.05, 0.1) is 17.0 Å². The van der Waals surface area contributed by atoms with Gasteiger partial charge in [0.2, 0.25) is 0 Å². The van der Waals surface area contributed by atoms with Crippen LogP contribution < -0.4 is 5.73 Å². The first-order valence-electron chi connectivity index (χ1n) is 9.88. The van der Waals surface area contributed by atoms with Crippen LogP contribution in [-0.2, 0) is 24.7 Å². The molecular formula is C20H22F3N7. The van der Waals surface area contributed by atoms with Crippen molar-refractivity contribution in [2.45, 2.75) is 44.4 Å². The Morgan fingerprint density at radius 3 is 2.73 bits per heavy atom. The first-order valence-corrected chi connectivity index (χ1v) is 9.88. The lowest BCUT2D eigenvalue weighted by atomic mass is 9.82. The summed E-state index contributed by atoms with van der Waals surface area (Å²) in [7, 11) is 0. The first-order chi connectivity index (χ1) is 14.2. The maximum atomic E-state index is 13.2. The number of rotatable bonds is 3. The van der Waals surface area contributed by atoms with Crippen LogP contribution in [0.3, 0.4) is 0 Å². The molecule has 158 valence electrons. The predicted molar refractivity (Wildman–Crippen MR) is 104 cm³/mol. The molecule has 0 unspecified atom stereocenters. The monoisotopic (exact) mass is 417 g/mol. The molecule has 0 bridgehead atoms. The zero-order valence-electron chi connectivity index (χ0n) is 16.5. The fourth-order valence-electron chi connectivity index (χ4n) is 4.74. The van der Waals surface area contributed by atoms with E-state index in [1.165, 1.54) is 6.20 Å². The Morgan fingerprint density at radius 2 is 2.00 bits per heavy atom. The van der Waals surface area contributed by atoms with Gasteiger partial charge in [0, 0.05) is 48.2 Å². The third kappa shape index (κ3) is 3.15. The summed E-state index contributed by atoms with van der Waals surface area (Å²) in [6.07, 6.45) is -1.21. The van der Waals surface area contributed by atoms with E-state index in [1.54, 1.807) is 0 Å². The van der Waals surface area contributed by atoms with Gasteiger partial charge in [-0.2, -0.15) is 23.4 Å². The Balaban J connectivity index is 1.41. The number of nitrogen functional groups attached to an aromatic ring is 1. The van der Waals surface area contributed by atoms with Crippen molar-refractivity contribution in [2.24, 2.45) is 0 Å². The summed E-state index contributed by atoms with van der Waals surface area (Å²) < 4.78 is 41.6. The maximum absolute atomic E-state index is 13.2. The van der Waals surface area contributed by atoms with Crippen LogP contribution >= 0.6 is 0 Å². The molecule has 7 nitrogen and oxygen atoms in total. The lowest BCUT2D eigenvalue weighted by molar-refractivity contribution is -0.137. The smallest absolute Gasteiger partial charge is 0.383 e. The van der Waals surface area contributed by atoms with Crippen molar-refractivity contribution in [3.05, 3.63) is 47.0 Å². The highest BCUT2D eigenvalue weighted by Crippen LogP contribution is 2.44. The average molecular weight is 417 g/mol. The Kier molecular flexibility index (Phi) is 4.18. The highest BCUT2D eigenvalue weighted by molar-refractivity contribution is 5.63. The SMILES string of the molecule is Cc1cc(CN2CC[C@@]3(CCn4nc(-c5cnc(N)c(C(F)(F)F)c5)cc43)C2)n[nH]1. The highest BCUT2D eigenvalue weighted by Gasteiger charge is 2.45. The number of aryl methyl sites for hydroxylation is 2. The van der Waals surface area contributed by atoms with Gasteiger partial charge < -0.3 is 5.73 Å². The Hall–Kier alpha value is -2.88. The van der Waals surface area contributed by atoms with Gasteiger partial charge in [-0.15, -0.1) is 0 Å². The summed E-state index contributed by atoms with van der Waals surface area (Å²) in [6.45, 7) is 5.37. The normalized spacial score (nSPS) is 21.6. The summed E-state index contributed by atoms with van der Waals surface area (Å²) >= 11 is 0. The minimum Gasteiger partial charge on any atom is -0.383 e. The number of halogens is 3. The fraction of sp³-hybridized carbons (Fsp3) is 0.450. The Bertz CT molecular complexity index is 1100. The van der Waals surface area contributed by atoms with E-state index in [1.807, 2.05) is 23.7 Å². The number of fused-ring (bicyclic) bond motifs is 2. The van der Waals surface area contributed by atoms with Crippen LogP contribution in [-0.4, -0.2) is 43.0 Å². The Labute approximate surface area is 171 Å². The van der Waals surface area contributed by atoms with Crippen LogP contribution in [0.1, 0.15) is 35.5 Å². The summed E-state index contributed by atoms with van der Waals surface area (Å²) in [5, 5.41) is 11.9. The molecule has 0 saturated carbocycles. The number of aromatic nitrogens is 5. The van der Waals surface area contributed by atoms with Crippen molar-refractivity contribution in [3.63, 3.8) is 0 Å². The van der Waals surface area contributed by atoms with Crippen molar-refractivity contribution in [2.75, 3.05) is 18.8 Å². The lowest BCUT2D eigenvalue weighted by Gasteiger charge is -2.23. The Morgan fingerprint density at radius 1 is 1.20 bits per heavy atom. The molecule has 0 radical (unpaired) electrons. The molecule has 3 N–H and O–H groups in total. The van der Waals surface area contributed by atoms with Crippen molar-refractivity contribution in [1.82, 2.24) is 29.9 Å². The van der Waals surface area contributed by atoms with Crippen LogP contribution in [0.4, 0.5) is 19.0 Å². The van der Waals surface area contributed by atoms with E-state index in [2.05, 4.69) is 25.2 Å². The number of hydrogen-bond acceptors (Lipinski definition) is 5. The van der Waals surface area contributed by atoms with Crippen molar-refractivity contribution in [1.29, 1.82) is 0 Å². The van der Waals surface area contributed by atoms with E-state index in [-0.39, 0.29) is 5.41 Å². The molecule has 1 atom stereocenters. The largest absolute Gasteiger partial charge is 0.419 e. The quantitative estimate of drug-likeness (QED) is 0.684. The number of nitrogens with one attached hydrogen (secondary N) is 1. The van der Waals surface area contributed by atoms with E-state index >= 15 is 0 Å². The molecule has 3 aromatic rings. The van der Waals surface area contributed by atoms with Crippen molar-refractivity contribution < 1.29 is 13.2 Å². The molecule has 1 fully saturated rings. The minimum atomic E-state index is -4.55. The van der Waals surface area contributed by atoms with Crippen LogP contribution in [0, 0.1) is 6.92 Å². The summed E-state index contributed by atoms with van der Waals surface area (Å²) in [4.78, 5) is 6.12. The molecular weight excluding hydrogens is 395 g/mol. The number of hydrogen-bond donors (Lipinski definition) is 2. The topological polar surface area (TPSA) is 88.7 Å². The third-order valence-corrected chi connectivity index (χ3v) is 6.22. The summed E-state index contributed by atoms with van der Waals surface area (Å²) in [5.74, 6) is -0.519. The molecule has 0 aliphatic carbocycles. The van der Waals surface area contributed by atoms with E-state index < -0.39 is 17.6 Å². The standard InChI is InChI=1S/C20H22F3N7/c1-12-6-14(27-26-12)10-29-4-2-19(11-29)3-5-30-17(19)8-16(28-30)13-7-15(20(21,22)23)18(24)25-9-13/h6-9H,2-5,10-11H2,1H3,(H2,24,25)(H,26,27)/t19-/m1/s1. The molecule has 0 aromatic carbocycles. The van der Waals surface area contributed by atoms with Crippen LogP contribution in [0.25, 0.3) is 11.3 Å². The molecule has 10 heteroatoms. The molecule has 30 heavy (non-hydrogen) atoms. The zero-order valence-corrected chi connectivity index (χ0v) is 16.5. The number of nitrogens with two attached hydrogens (primary N) is 1. The molecule has 2 aliphatic heterocycles.